The van der Waals surface area contributed by atoms with Gasteiger partial charge in [-0.3, -0.25) is 4.90 Å². The fourth-order valence-electron chi connectivity index (χ4n) is 4.76. The van der Waals surface area contributed by atoms with Gasteiger partial charge in [-0.05, 0) is 79.3 Å². The van der Waals surface area contributed by atoms with E-state index in [1.807, 2.05) is 0 Å². The summed E-state index contributed by atoms with van der Waals surface area (Å²) in [5, 5.41) is 0. The Kier molecular flexibility index (Phi) is 6.46. The monoisotopic (exact) mass is 351 g/mol. The number of nitrogens with zero attached hydrogens (tertiary/aromatic N) is 3. The molecule has 2 heterocycles. The first-order chi connectivity index (χ1) is 11.8. The molecule has 0 radical (unpaired) electrons. The molecule has 3 fully saturated rings. The van der Waals surface area contributed by atoms with Crippen LogP contribution < -0.4 is 0 Å². The molecule has 4 heteroatoms. The lowest BCUT2D eigenvalue weighted by atomic mass is 9.86. The van der Waals surface area contributed by atoms with Crippen molar-refractivity contribution in [1.82, 2.24) is 14.7 Å². The molecular weight excluding hydrogens is 310 g/mol. The quantitative estimate of drug-likeness (QED) is 0.758. The number of likely N-dealkylation sites (tertiary alicyclic amines) is 1. The number of rotatable bonds is 5. The SMILES string of the molecule is CC(C)N1CCC(CN2CCN([C@H]3C[C@H](OC(C)(C)C)C3)CC2)CC1. The van der Waals surface area contributed by atoms with E-state index in [0.29, 0.717) is 6.10 Å². The molecule has 3 aliphatic rings. The Hall–Kier alpha value is -0.160. The van der Waals surface area contributed by atoms with E-state index in [0.717, 1.165) is 18.0 Å². The second-order valence-electron chi connectivity index (χ2n) is 9.89. The Bertz CT molecular complexity index is 398. The smallest absolute Gasteiger partial charge is 0.0612 e. The molecule has 0 aromatic rings. The van der Waals surface area contributed by atoms with Crippen molar-refractivity contribution < 1.29 is 4.74 Å². The van der Waals surface area contributed by atoms with E-state index in [1.54, 1.807) is 0 Å². The van der Waals surface area contributed by atoms with Crippen LogP contribution in [0.4, 0.5) is 0 Å². The highest BCUT2D eigenvalue weighted by atomic mass is 16.5. The molecular formula is C21H41N3O. The molecule has 3 rings (SSSR count). The first-order valence-corrected chi connectivity index (χ1v) is 10.7. The van der Waals surface area contributed by atoms with Crippen LogP contribution in [-0.4, -0.2) is 84.3 Å². The van der Waals surface area contributed by atoms with Crippen LogP contribution in [0.25, 0.3) is 0 Å². The van der Waals surface area contributed by atoms with Crippen molar-refractivity contribution in [3.8, 4) is 0 Å². The van der Waals surface area contributed by atoms with Crippen molar-refractivity contribution in [1.29, 1.82) is 0 Å². The van der Waals surface area contributed by atoms with Gasteiger partial charge in [0.25, 0.3) is 0 Å². The zero-order valence-electron chi connectivity index (χ0n) is 17.3. The molecule has 0 aromatic carbocycles. The lowest BCUT2D eigenvalue weighted by Gasteiger charge is -2.48. The van der Waals surface area contributed by atoms with E-state index in [4.69, 9.17) is 4.74 Å². The first-order valence-electron chi connectivity index (χ1n) is 10.7. The van der Waals surface area contributed by atoms with Gasteiger partial charge in [-0.15, -0.1) is 0 Å². The minimum atomic E-state index is 0.0134. The van der Waals surface area contributed by atoms with Gasteiger partial charge in [0.05, 0.1) is 11.7 Å². The summed E-state index contributed by atoms with van der Waals surface area (Å²) in [4.78, 5) is 8.09. The Labute approximate surface area is 155 Å². The Morgan fingerprint density at radius 1 is 0.920 bits per heavy atom. The maximum atomic E-state index is 6.10. The van der Waals surface area contributed by atoms with Gasteiger partial charge in [0, 0.05) is 44.8 Å². The summed E-state index contributed by atoms with van der Waals surface area (Å²) in [7, 11) is 0. The third-order valence-electron chi connectivity index (χ3n) is 6.41. The van der Waals surface area contributed by atoms with Crippen LogP contribution in [-0.2, 0) is 4.74 Å². The average Bonchev–Trinajstić information content (AvgIpc) is 2.51. The predicted molar refractivity (Wildman–Crippen MR) is 105 cm³/mol. The van der Waals surface area contributed by atoms with Crippen LogP contribution in [0.5, 0.6) is 0 Å². The highest BCUT2D eigenvalue weighted by Gasteiger charge is 2.37. The van der Waals surface area contributed by atoms with Crippen LogP contribution in [0.2, 0.25) is 0 Å². The largest absolute Gasteiger partial charge is 0.373 e. The van der Waals surface area contributed by atoms with Crippen molar-refractivity contribution in [2.24, 2.45) is 5.92 Å². The average molecular weight is 352 g/mol. The summed E-state index contributed by atoms with van der Waals surface area (Å²) in [5.74, 6) is 0.926. The van der Waals surface area contributed by atoms with Gasteiger partial charge in [-0.25, -0.2) is 0 Å². The molecule has 1 saturated carbocycles. The van der Waals surface area contributed by atoms with Gasteiger partial charge in [0.2, 0.25) is 0 Å². The number of piperazine rings is 1. The minimum Gasteiger partial charge on any atom is -0.373 e. The van der Waals surface area contributed by atoms with E-state index in [-0.39, 0.29) is 5.60 Å². The lowest BCUT2D eigenvalue weighted by molar-refractivity contribution is -0.123. The van der Waals surface area contributed by atoms with E-state index < -0.39 is 0 Å². The molecule has 0 bridgehead atoms. The van der Waals surface area contributed by atoms with E-state index >= 15 is 0 Å². The topological polar surface area (TPSA) is 19.0 Å². The van der Waals surface area contributed by atoms with Crippen LogP contribution in [0.1, 0.15) is 60.3 Å². The van der Waals surface area contributed by atoms with E-state index in [2.05, 4.69) is 49.3 Å². The maximum absolute atomic E-state index is 6.10. The molecule has 0 aromatic heterocycles. The van der Waals surface area contributed by atoms with Crippen molar-refractivity contribution in [2.45, 2.75) is 84.1 Å². The minimum absolute atomic E-state index is 0.0134. The first kappa shape index (κ1) is 19.6. The summed E-state index contributed by atoms with van der Waals surface area (Å²) in [6.07, 6.45) is 5.77. The third kappa shape index (κ3) is 5.66. The Balaban J connectivity index is 1.31. The van der Waals surface area contributed by atoms with Gasteiger partial charge >= 0.3 is 0 Å². The van der Waals surface area contributed by atoms with Crippen LogP contribution >= 0.6 is 0 Å². The molecule has 1 aliphatic carbocycles. The van der Waals surface area contributed by atoms with E-state index in [1.165, 1.54) is 71.5 Å². The van der Waals surface area contributed by atoms with Crippen molar-refractivity contribution in [3.63, 3.8) is 0 Å². The number of hydrogen-bond acceptors (Lipinski definition) is 4. The fraction of sp³-hybridized carbons (Fsp3) is 1.00. The van der Waals surface area contributed by atoms with Gasteiger partial charge < -0.3 is 14.5 Å². The Morgan fingerprint density at radius 2 is 1.52 bits per heavy atom. The number of piperidine rings is 1. The van der Waals surface area contributed by atoms with Gasteiger partial charge in [0.15, 0.2) is 0 Å². The molecule has 25 heavy (non-hydrogen) atoms. The molecule has 146 valence electrons. The molecule has 4 nitrogen and oxygen atoms in total. The molecule has 2 saturated heterocycles. The zero-order valence-corrected chi connectivity index (χ0v) is 17.3. The molecule has 0 spiro atoms. The number of ether oxygens (including phenoxy) is 1. The normalized spacial score (nSPS) is 31.4. The second-order valence-corrected chi connectivity index (χ2v) is 9.89. The van der Waals surface area contributed by atoms with Crippen molar-refractivity contribution in [3.05, 3.63) is 0 Å². The molecule has 0 N–H and O–H groups in total. The lowest BCUT2D eigenvalue weighted by Crippen LogP contribution is -2.56. The summed E-state index contributed by atoms with van der Waals surface area (Å²) >= 11 is 0. The Morgan fingerprint density at radius 3 is 2.04 bits per heavy atom. The molecule has 0 amide bonds. The zero-order chi connectivity index (χ0) is 18.0. The van der Waals surface area contributed by atoms with Gasteiger partial charge in [0.1, 0.15) is 0 Å². The maximum Gasteiger partial charge on any atom is 0.0612 e. The summed E-state index contributed by atoms with van der Waals surface area (Å²) in [6.45, 7) is 20.2. The summed E-state index contributed by atoms with van der Waals surface area (Å²) in [5.41, 5.74) is 0.0134. The van der Waals surface area contributed by atoms with Crippen LogP contribution in [0.3, 0.4) is 0 Å². The van der Waals surface area contributed by atoms with Crippen molar-refractivity contribution >= 4 is 0 Å². The third-order valence-corrected chi connectivity index (χ3v) is 6.41. The fourth-order valence-corrected chi connectivity index (χ4v) is 4.76. The predicted octanol–water partition coefficient (Wildman–Crippen LogP) is 3.07. The summed E-state index contributed by atoms with van der Waals surface area (Å²) in [6, 6.07) is 1.50. The molecule has 0 atom stereocenters. The van der Waals surface area contributed by atoms with Crippen LogP contribution in [0.15, 0.2) is 0 Å². The molecule has 0 unspecified atom stereocenters. The van der Waals surface area contributed by atoms with Gasteiger partial charge in [-0.2, -0.15) is 0 Å². The molecule has 2 aliphatic heterocycles. The highest BCUT2D eigenvalue weighted by Crippen LogP contribution is 2.32. The standard InChI is InChI=1S/C21H41N3O/c1-17(2)23-8-6-18(7-9-23)16-22-10-12-24(13-11-22)19-14-20(15-19)25-21(3,4)5/h17-20H,6-16H2,1-5H3/t19-,20-. The summed E-state index contributed by atoms with van der Waals surface area (Å²) < 4.78 is 6.10. The highest BCUT2D eigenvalue weighted by molar-refractivity contribution is 4.91. The second kappa shape index (κ2) is 8.24. The number of hydrogen-bond donors (Lipinski definition) is 0. The van der Waals surface area contributed by atoms with Crippen molar-refractivity contribution in [2.75, 3.05) is 45.8 Å². The van der Waals surface area contributed by atoms with Gasteiger partial charge in [-0.1, -0.05) is 0 Å². The van der Waals surface area contributed by atoms with Crippen LogP contribution in [0, 0.1) is 5.92 Å². The van der Waals surface area contributed by atoms with E-state index in [9.17, 15) is 0 Å².